The van der Waals surface area contributed by atoms with E-state index in [0.717, 1.165) is 6.07 Å². The Balaban J connectivity index is 3.29. The lowest BCUT2D eigenvalue weighted by atomic mass is 9.86. The SMILES string of the molecule is N#CC1(C(=O)O)C(=O)NC(=O)C1O. The van der Waals surface area contributed by atoms with Gasteiger partial charge in [-0.1, -0.05) is 0 Å². The van der Waals surface area contributed by atoms with Gasteiger partial charge in [0.2, 0.25) is 0 Å². The second kappa shape index (κ2) is 2.53. The minimum atomic E-state index is -2.70. The fourth-order valence-corrected chi connectivity index (χ4v) is 0.973. The number of carboxylic acid groups (broad SMARTS) is 1. The van der Waals surface area contributed by atoms with Crippen molar-refractivity contribution in [1.82, 2.24) is 5.32 Å². The van der Waals surface area contributed by atoms with Gasteiger partial charge in [-0.3, -0.25) is 14.9 Å². The second-order valence-electron chi connectivity index (χ2n) is 2.45. The number of hydrogen-bond donors (Lipinski definition) is 3. The van der Waals surface area contributed by atoms with Gasteiger partial charge in [-0.25, -0.2) is 4.79 Å². The van der Waals surface area contributed by atoms with Crippen LogP contribution in [-0.2, 0) is 14.4 Å². The van der Waals surface area contributed by atoms with Crippen LogP contribution in [0.3, 0.4) is 0 Å². The fraction of sp³-hybridized carbons (Fsp3) is 0.333. The standard InChI is InChI=1S/C6H4N2O5/c7-1-6(5(12)13)2(9)3(10)8-4(6)11/h2,9H,(H,12,13)(H,8,10,11). The Morgan fingerprint density at radius 1 is 1.62 bits per heavy atom. The van der Waals surface area contributed by atoms with Crippen LogP contribution in [0, 0.1) is 16.7 Å². The molecule has 0 aromatic carbocycles. The minimum Gasteiger partial charge on any atom is -0.480 e. The Hall–Kier alpha value is -1.94. The van der Waals surface area contributed by atoms with Gasteiger partial charge in [0, 0.05) is 0 Å². The zero-order valence-electron chi connectivity index (χ0n) is 6.14. The van der Waals surface area contributed by atoms with E-state index in [4.69, 9.17) is 15.5 Å². The summed E-state index contributed by atoms with van der Waals surface area (Å²) in [6, 6.07) is 1.12. The van der Waals surface area contributed by atoms with Crippen molar-refractivity contribution in [3.8, 4) is 6.07 Å². The first kappa shape index (κ1) is 9.15. The number of amides is 2. The van der Waals surface area contributed by atoms with Crippen LogP contribution in [0.4, 0.5) is 0 Å². The van der Waals surface area contributed by atoms with Crippen LogP contribution >= 0.6 is 0 Å². The van der Waals surface area contributed by atoms with Gasteiger partial charge in [0.15, 0.2) is 6.10 Å². The van der Waals surface area contributed by atoms with E-state index in [1.54, 1.807) is 5.32 Å². The maximum Gasteiger partial charge on any atom is 0.337 e. The Morgan fingerprint density at radius 3 is 2.31 bits per heavy atom. The van der Waals surface area contributed by atoms with Crippen molar-refractivity contribution in [3.63, 3.8) is 0 Å². The first-order valence-electron chi connectivity index (χ1n) is 3.15. The summed E-state index contributed by atoms with van der Waals surface area (Å²) in [5.41, 5.74) is -2.70. The summed E-state index contributed by atoms with van der Waals surface area (Å²) in [6.45, 7) is 0. The molecule has 1 fully saturated rings. The average Bonchev–Trinajstić information content (AvgIpc) is 2.25. The number of aliphatic hydroxyl groups is 1. The van der Waals surface area contributed by atoms with Gasteiger partial charge < -0.3 is 10.2 Å². The number of imide groups is 1. The monoisotopic (exact) mass is 184 g/mol. The van der Waals surface area contributed by atoms with Crippen LogP contribution in [0.25, 0.3) is 0 Å². The Morgan fingerprint density at radius 2 is 2.15 bits per heavy atom. The predicted molar refractivity (Wildman–Crippen MR) is 34.8 cm³/mol. The average molecular weight is 184 g/mol. The number of aliphatic carboxylic acids is 1. The highest BCUT2D eigenvalue weighted by atomic mass is 16.4. The summed E-state index contributed by atoms with van der Waals surface area (Å²) in [7, 11) is 0. The molecule has 1 aliphatic rings. The molecule has 0 aromatic rings. The third-order valence-corrected chi connectivity index (χ3v) is 1.77. The predicted octanol–water partition coefficient (Wildman–Crippen LogP) is -2.40. The lowest BCUT2D eigenvalue weighted by Gasteiger charge is -2.13. The summed E-state index contributed by atoms with van der Waals surface area (Å²) in [6.07, 6.45) is -2.15. The second-order valence-corrected chi connectivity index (χ2v) is 2.45. The number of hydrogen-bond acceptors (Lipinski definition) is 5. The highest BCUT2D eigenvalue weighted by Gasteiger charge is 2.61. The molecule has 2 atom stereocenters. The quantitative estimate of drug-likeness (QED) is 0.308. The molecule has 2 unspecified atom stereocenters. The first-order chi connectivity index (χ1) is 5.96. The zero-order valence-corrected chi connectivity index (χ0v) is 6.14. The molecule has 1 saturated heterocycles. The Bertz CT molecular complexity index is 343. The molecule has 1 aliphatic heterocycles. The van der Waals surface area contributed by atoms with E-state index >= 15 is 0 Å². The fourth-order valence-electron chi connectivity index (χ4n) is 0.973. The number of nitrogens with zero attached hydrogens (tertiary/aromatic N) is 1. The van der Waals surface area contributed by atoms with Crippen LogP contribution in [0.5, 0.6) is 0 Å². The van der Waals surface area contributed by atoms with Crippen LogP contribution in [0.2, 0.25) is 0 Å². The molecule has 7 heteroatoms. The maximum atomic E-state index is 10.9. The number of rotatable bonds is 1. The molecule has 68 valence electrons. The topological polar surface area (TPSA) is 127 Å². The highest BCUT2D eigenvalue weighted by Crippen LogP contribution is 2.27. The molecule has 0 spiro atoms. The van der Waals surface area contributed by atoms with Crippen molar-refractivity contribution in [1.29, 1.82) is 5.26 Å². The third-order valence-electron chi connectivity index (χ3n) is 1.77. The van der Waals surface area contributed by atoms with Crippen molar-refractivity contribution in [2.45, 2.75) is 6.10 Å². The molecule has 0 aromatic heterocycles. The van der Waals surface area contributed by atoms with Gasteiger partial charge in [-0.15, -0.1) is 0 Å². The number of carbonyl (C=O) groups excluding carboxylic acids is 2. The zero-order chi connectivity index (χ0) is 10.2. The van der Waals surface area contributed by atoms with Crippen molar-refractivity contribution in [3.05, 3.63) is 0 Å². The molecule has 13 heavy (non-hydrogen) atoms. The smallest absolute Gasteiger partial charge is 0.337 e. The van der Waals surface area contributed by atoms with Crippen LogP contribution in [0.1, 0.15) is 0 Å². The number of nitriles is 1. The molecular formula is C6H4N2O5. The first-order valence-corrected chi connectivity index (χ1v) is 3.15. The van der Waals surface area contributed by atoms with E-state index in [-0.39, 0.29) is 0 Å². The number of nitrogens with one attached hydrogen (secondary N) is 1. The van der Waals surface area contributed by atoms with Crippen molar-refractivity contribution >= 4 is 17.8 Å². The largest absolute Gasteiger partial charge is 0.480 e. The van der Waals surface area contributed by atoms with Gasteiger partial charge >= 0.3 is 5.97 Å². The molecule has 0 radical (unpaired) electrons. The third kappa shape index (κ3) is 0.893. The summed E-state index contributed by atoms with van der Waals surface area (Å²) >= 11 is 0. The summed E-state index contributed by atoms with van der Waals surface area (Å²) < 4.78 is 0. The summed E-state index contributed by atoms with van der Waals surface area (Å²) in [4.78, 5) is 32.1. The molecule has 1 heterocycles. The van der Waals surface area contributed by atoms with Crippen LogP contribution in [-0.4, -0.2) is 34.1 Å². The van der Waals surface area contributed by atoms with E-state index < -0.39 is 29.3 Å². The van der Waals surface area contributed by atoms with Gasteiger partial charge in [-0.2, -0.15) is 5.26 Å². The van der Waals surface area contributed by atoms with E-state index in [9.17, 15) is 14.4 Å². The molecule has 0 aliphatic carbocycles. The molecular weight excluding hydrogens is 180 g/mol. The number of carboxylic acids is 1. The van der Waals surface area contributed by atoms with E-state index in [2.05, 4.69) is 0 Å². The van der Waals surface area contributed by atoms with Crippen molar-refractivity contribution < 1.29 is 24.6 Å². The van der Waals surface area contributed by atoms with Gasteiger partial charge in [0.1, 0.15) is 0 Å². The lowest BCUT2D eigenvalue weighted by Crippen LogP contribution is -2.44. The lowest BCUT2D eigenvalue weighted by molar-refractivity contribution is -0.155. The molecule has 7 nitrogen and oxygen atoms in total. The van der Waals surface area contributed by atoms with Crippen LogP contribution < -0.4 is 5.32 Å². The van der Waals surface area contributed by atoms with E-state index in [1.807, 2.05) is 0 Å². The molecule has 0 saturated carbocycles. The van der Waals surface area contributed by atoms with Crippen LogP contribution in [0.15, 0.2) is 0 Å². The van der Waals surface area contributed by atoms with Crippen molar-refractivity contribution in [2.24, 2.45) is 5.41 Å². The summed E-state index contributed by atoms with van der Waals surface area (Å²) in [5, 5.41) is 27.5. The number of carbonyl (C=O) groups is 3. The van der Waals surface area contributed by atoms with E-state index in [1.165, 1.54) is 0 Å². The minimum absolute atomic E-state index is 1.12. The molecule has 3 N–H and O–H groups in total. The molecule has 2 amide bonds. The van der Waals surface area contributed by atoms with Gasteiger partial charge in [0.25, 0.3) is 17.2 Å². The van der Waals surface area contributed by atoms with Gasteiger partial charge in [0.05, 0.1) is 6.07 Å². The van der Waals surface area contributed by atoms with Gasteiger partial charge in [-0.05, 0) is 0 Å². The Kier molecular flexibility index (Phi) is 1.78. The number of aliphatic hydroxyl groups excluding tert-OH is 1. The maximum absolute atomic E-state index is 10.9. The Labute approximate surface area is 71.6 Å². The molecule has 0 bridgehead atoms. The highest BCUT2D eigenvalue weighted by molar-refractivity contribution is 6.20. The molecule has 1 rings (SSSR count). The van der Waals surface area contributed by atoms with Crippen molar-refractivity contribution in [2.75, 3.05) is 0 Å². The summed E-state index contributed by atoms with van der Waals surface area (Å²) in [5.74, 6) is -4.32. The normalized spacial score (nSPS) is 32.5. The van der Waals surface area contributed by atoms with E-state index in [0.29, 0.717) is 0 Å².